The number of carbonyl (C=O) groups excluding carboxylic acids is 1. The Morgan fingerprint density at radius 3 is 2.31 bits per heavy atom. The minimum Gasteiger partial charge on any atom is -0.457 e. The molecule has 2 heterocycles. The average molecular weight is 429 g/mol. The topological polar surface area (TPSA) is 45.5 Å². The van der Waals surface area contributed by atoms with Gasteiger partial charge in [-0.15, -0.1) is 0 Å². The second-order valence-corrected chi connectivity index (χ2v) is 8.21. The molecule has 0 spiro atoms. The van der Waals surface area contributed by atoms with Crippen molar-refractivity contribution in [3.8, 4) is 0 Å². The quantitative estimate of drug-likeness (QED) is 0.400. The zero-order valence-corrected chi connectivity index (χ0v) is 17.8. The molecule has 1 aliphatic rings. The highest BCUT2D eigenvalue weighted by Crippen LogP contribution is 2.41. The number of anilines is 1. The van der Waals surface area contributed by atoms with Crippen molar-refractivity contribution in [1.29, 1.82) is 0 Å². The van der Waals surface area contributed by atoms with E-state index in [1.54, 1.807) is 12.1 Å². The number of halogens is 1. The summed E-state index contributed by atoms with van der Waals surface area (Å²) in [5.41, 5.74) is 2.92. The summed E-state index contributed by atoms with van der Waals surface area (Å²) in [4.78, 5) is 15.4. The minimum absolute atomic E-state index is 0.185. The van der Waals surface area contributed by atoms with E-state index in [-0.39, 0.29) is 17.8 Å². The molecule has 0 radical (unpaired) electrons. The number of furan rings is 1. The number of piperidine rings is 1. The van der Waals surface area contributed by atoms with E-state index in [1.165, 1.54) is 18.6 Å². The largest absolute Gasteiger partial charge is 0.457 e. The first kappa shape index (κ1) is 20.5. The van der Waals surface area contributed by atoms with E-state index in [0.29, 0.717) is 17.0 Å². The van der Waals surface area contributed by atoms with Crippen molar-refractivity contribution >= 4 is 22.6 Å². The summed E-state index contributed by atoms with van der Waals surface area (Å²) in [6.07, 6.45) is 3.40. The molecule has 0 unspecified atom stereocenters. The average Bonchev–Trinajstić information content (AvgIpc) is 3.19. The van der Waals surface area contributed by atoms with E-state index >= 15 is 0 Å². The highest BCUT2D eigenvalue weighted by Gasteiger charge is 2.31. The van der Waals surface area contributed by atoms with Crippen molar-refractivity contribution in [3.05, 3.63) is 102 Å². The van der Waals surface area contributed by atoms with Gasteiger partial charge in [0.15, 0.2) is 0 Å². The van der Waals surface area contributed by atoms with Crippen LogP contribution in [0.5, 0.6) is 0 Å². The van der Waals surface area contributed by atoms with Gasteiger partial charge in [0.25, 0.3) is 5.91 Å². The third kappa shape index (κ3) is 4.04. The number of rotatable bonds is 5. The van der Waals surface area contributed by atoms with Crippen LogP contribution < -0.4 is 5.32 Å². The molecule has 0 bridgehead atoms. The van der Waals surface area contributed by atoms with E-state index in [9.17, 15) is 9.18 Å². The molecule has 1 aromatic heterocycles. The highest BCUT2D eigenvalue weighted by molar-refractivity contribution is 6.09. The molecule has 1 fully saturated rings. The lowest BCUT2D eigenvalue weighted by Gasteiger charge is -2.34. The number of fused-ring (bicyclic) bond motifs is 1. The first-order valence-corrected chi connectivity index (χ1v) is 11.1. The lowest BCUT2D eigenvalue weighted by Crippen LogP contribution is -2.34. The summed E-state index contributed by atoms with van der Waals surface area (Å²) in [7, 11) is 0. The van der Waals surface area contributed by atoms with Crippen molar-refractivity contribution in [2.45, 2.75) is 25.3 Å². The van der Waals surface area contributed by atoms with Gasteiger partial charge in [-0.1, -0.05) is 48.9 Å². The summed E-state index contributed by atoms with van der Waals surface area (Å²) in [5.74, 6) is 0.229. The Bertz CT molecular complexity index is 1210. The summed E-state index contributed by atoms with van der Waals surface area (Å²) in [6, 6.07) is 23.3. The van der Waals surface area contributed by atoms with Gasteiger partial charge in [-0.05, 0) is 67.9 Å². The van der Waals surface area contributed by atoms with Crippen LogP contribution >= 0.6 is 0 Å². The molecule has 0 saturated carbocycles. The van der Waals surface area contributed by atoms with Crippen LogP contribution in [-0.4, -0.2) is 23.9 Å². The molecule has 162 valence electrons. The summed E-state index contributed by atoms with van der Waals surface area (Å²) in [5, 5.41) is 3.97. The molecule has 1 saturated heterocycles. The van der Waals surface area contributed by atoms with Gasteiger partial charge in [-0.3, -0.25) is 9.69 Å². The number of nitrogens with one attached hydrogen (secondary N) is 1. The molecule has 3 aromatic carbocycles. The van der Waals surface area contributed by atoms with Gasteiger partial charge in [0, 0.05) is 10.9 Å². The molecule has 5 heteroatoms. The van der Waals surface area contributed by atoms with Crippen LogP contribution in [0.3, 0.4) is 0 Å². The third-order valence-electron chi connectivity index (χ3n) is 6.09. The Labute approximate surface area is 186 Å². The Balaban J connectivity index is 1.63. The standard InChI is InChI=1S/C27H25FN2O2/c28-21-15-13-19(14-16-21)25(30-17-7-2-8-18-30)26-24(22-11-5-6-12-23(22)32-26)29-27(31)20-9-3-1-4-10-20/h1,3-6,9-16,25H,2,7-8,17-18H2,(H,29,31)/t25-/m0/s1. The van der Waals surface area contributed by atoms with Gasteiger partial charge in [0.1, 0.15) is 17.2 Å². The number of para-hydroxylation sites is 1. The maximum Gasteiger partial charge on any atom is 0.255 e. The fourth-order valence-corrected chi connectivity index (χ4v) is 4.51. The Hall–Kier alpha value is -3.44. The van der Waals surface area contributed by atoms with Crippen LogP contribution in [0.4, 0.5) is 10.1 Å². The number of carbonyl (C=O) groups is 1. The van der Waals surface area contributed by atoms with E-state index in [1.807, 2.05) is 54.6 Å². The van der Waals surface area contributed by atoms with E-state index in [2.05, 4.69) is 10.2 Å². The monoisotopic (exact) mass is 428 g/mol. The second kappa shape index (κ2) is 8.97. The Morgan fingerprint density at radius 1 is 0.875 bits per heavy atom. The zero-order chi connectivity index (χ0) is 21.9. The molecule has 1 aliphatic heterocycles. The van der Waals surface area contributed by atoms with Crippen LogP contribution in [0.15, 0.2) is 83.3 Å². The van der Waals surface area contributed by atoms with Crippen LogP contribution in [0.25, 0.3) is 11.0 Å². The van der Waals surface area contributed by atoms with E-state index in [0.717, 1.165) is 42.5 Å². The molecule has 5 rings (SSSR count). The van der Waals surface area contributed by atoms with Crippen LogP contribution in [-0.2, 0) is 0 Å². The summed E-state index contributed by atoms with van der Waals surface area (Å²) < 4.78 is 20.1. The predicted molar refractivity (Wildman–Crippen MR) is 124 cm³/mol. The first-order valence-electron chi connectivity index (χ1n) is 11.1. The molecule has 32 heavy (non-hydrogen) atoms. The van der Waals surface area contributed by atoms with Crippen molar-refractivity contribution in [2.24, 2.45) is 0 Å². The van der Waals surface area contributed by atoms with Crippen LogP contribution in [0, 0.1) is 5.82 Å². The fourth-order valence-electron chi connectivity index (χ4n) is 4.51. The van der Waals surface area contributed by atoms with Gasteiger partial charge in [0.2, 0.25) is 0 Å². The maximum absolute atomic E-state index is 13.7. The SMILES string of the molecule is O=C(Nc1c([C@H](c2ccc(F)cc2)N2CCCCC2)oc2ccccc12)c1ccccc1. The minimum atomic E-state index is -0.270. The molecule has 1 amide bonds. The number of amides is 1. The zero-order valence-electron chi connectivity index (χ0n) is 17.8. The third-order valence-corrected chi connectivity index (χ3v) is 6.09. The lowest BCUT2D eigenvalue weighted by atomic mass is 9.98. The summed E-state index contributed by atoms with van der Waals surface area (Å²) >= 11 is 0. The maximum atomic E-state index is 13.7. The molecule has 4 nitrogen and oxygen atoms in total. The number of benzene rings is 3. The molecular formula is C27H25FN2O2. The van der Waals surface area contributed by atoms with Crippen molar-refractivity contribution < 1.29 is 13.6 Å². The Morgan fingerprint density at radius 2 is 1.56 bits per heavy atom. The predicted octanol–water partition coefficient (Wildman–Crippen LogP) is 6.40. The fraction of sp³-hybridized carbons (Fsp3) is 0.222. The van der Waals surface area contributed by atoms with Crippen molar-refractivity contribution in [1.82, 2.24) is 4.90 Å². The number of hydrogen-bond acceptors (Lipinski definition) is 3. The number of likely N-dealkylation sites (tertiary alicyclic amines) is 1. The highest BCUT2D eigenvalue weighted by atomic mass is 19.1. The van der Waals surface area contributed by atoms with Gasteiger partial charge in [-0.25, -0.2) is 4.39 Å². The van der Waals surface area contributed by atoms with Gasteiger partial charge < -0.3 is 9.73 Å². The lowest BCUT2D eigenvalue weighted by molar-refractivity contribution is 0.102. The smallest absolute Gasteiger partial charge is 0.255 e. The normalized spacial score (nSPS) is 15.5. The molecular weight excluding hydrogens is 403 g/mol. The van der Waals surface area contributed by atoms with E-state index < -0.39 is 0 Å². The van der Waals surface area contributed by atoms with Crippen LogP contribution in [0.2, 0.25) is 0 Å². The molecule has 1 atom stereocenters. The molecule has 0 aliphatic carbocycles. The Kier molecular flexibility index (Phi) is 5.73. The number of hydrogen-bond donors (Lipinski definition) is 1. The second-order valence-electron chi connectivity index (χ2n) is 8.21. The molecule has 1 N–H and O–H groups in total. The van der Waals surface area contributed by atoms with Crippen LogP contribution in [0.1, 0.15) is 47.0 Å². The molecule has 4 aromatic rings. The first-order chi connectivity index (χ1) is 15.7. The van der Waals surface area contributed by atoms with Gasteiger partial charge in [0.05, 0.1) is 11.7 Å². The van der Waals surface area contributed by atoms with Gasteiger partial charge in [-0.2, -0.15) is 0 Å². The van der Waals surface area contributed by atoms with E-state index in [4.69, 9.17) is 4.42 Å². The number of nitrogens with zero attached hydrogens (tertiary/aromatic N) is 1. The van der Waals surface area contributed by atoms with Gasteiger partial charge >= 0.3 is 0 Å². The van der Waals surface area contributed by atoms with Crippen molar-refractivity contribution in [3.63, 3.8) is 0 Å². The summed E-state index contributed by atoms with van der Waals surface area (Å²) in [6.45, 7) is 1.84. The van der Waals surface area contributed by atoms with Crippen molar-refractivity contribution in [2.75, 3.05) is 18.4 Å².